The fourth-order valence-electron chi connectivity index (χ4n) is 6.64. The van der Waals surface area contributed by atoms with Gasteiger partial charge < -0.3 is 20.2 Å². The zero-order chi connectivity index (χ0) is 26.6. The van der Waals surface area contributed by atoms with Crippen LogP contribution in [0.5, 0.6) is 5.75 Å². The summed E-state index contributed by atoms with van der Waals surface area (Å²) in [5, 5.41) is 3.37. The van der Waals surface area contributed by atoms with Gasteiger partial charge >= 0.3 is 11.7 Å². The highest BCUT2D eigenvalue weighted by Crippen LogP contribution is 2.54. The highest BCUT2D eigenvalue weighted by Gasteiger charge is 2.48. The molecule has 3 aromatic rings. The molecule has 1 amide bonds. The van der Waals surface area contributed by atoms with Gasteiger partial charge in [-0.05, 0) is 112 Å². The van der Waals surface area contributed by atoms with E-state index < -0.39 is 6.09 Å². The van der Waals surface area contributed by atoms with E-state index in [9.17, 15) is 9.59 Å². The minimum Gasteiger partial charge on any atom is -0.423 e. The van der Waals surface area contributed by atoms with Gasteiger partial charge in [0.15, 0.2) is 0 Å². The summed E-state index contributed by atoms with van der Waals surface area (Å²) in [5.74, 6) is 3.64. The van der Waals surface area contributed by atoms with Crippen molar-refractivity contribution in [1.82, 2.24) is 5.32 Å². The van der Waals surface area contributed by atoms with Crippen molar-refractivity contribution in [2.75, 3.05) is 13.3 Å². The van der Waals surface area contributed by atoms with Crippen LogP contribution in [0.2, 0.25) is 0 Å². The summed E-state index contributed by atoms with van der Waals surface area (Å²) in [5.41, 5.74) is 9.21. The molecule has 4 aliphatic carbocycles. The number of nitrogens with one attached hydrogen (secondary N) is 1. The Morgan fingerprint density at radius 1 is 1.00 bits per heavy atom. The monoisotopic (exact) mass is 522 g/mol. The van der Waals surface area contributed by atoms with Crippen molar-refractivity contribution >= 4 is 28.8 Å². The Kier molecular flexibility index (Phi) is 8.65. The number of rotatable bonds is 2. The van der Waals surface area contributed by atoms with Crippen LogP contribution in [-0.4, -0.2) is 24.9 Å². The van der Waals surface area contributed by atoms with E-state index in [0.29, 0.717) is 16.9 Å². The molecule has 0 atom stereocenters. The molecule has 0 radical (unpaired) electrons. The summed E-state index contributed by atoms with van der Waals surface area (Å²) in [6, 6.07) is 14.3. The van der Waals surface area contributed by atoms with Crippen molar-refractivity contribution in [1.29, 1.82) is 0 Å². The summed E-state index contributed by atoms with van der Waals surface area (Å²) < 4.78 is 9.97. The highest BCUT2D eigenvalue weighted by molar-refractivity contribution is 7.98. The number of carbonyl (C=O) groups is 1. The van der Waals surface area contributed by atoms with Crippen LogP contribution in [0.1, 0.15) is 49.7 Å². The molecule has 7 heteroatoms. The molecule has 1 heterocycles. The average Bonchev–Trinajstić information content (AvgIpc) is 2.83. The molecule has 37 heavy (non-hydrogen) atoms. The number of thioether (sulfide) groups is 1. The van der Waals surface area contributed by atoms with Crippen molar-refractivity contribution in [2.24, 2.45) is 23.5 Å². The summed E-state index contributed by atoms with van der Waals surface area (Å²) in [4.78, 5) is 23.0. The number of fused-ring (bicyclic) bond motifs is 1. The summed E-state index contributed by atoms with van der Waals surface area (Å²) in [6.07, 6.45) is 10.2. The topological polar surface area (TPSA) is 94.6 Å². The molecule has 198 valence electrons. The van der Waals surface area contributed by atoms with E-state index >= 15 is 0 Å². The lowest BCUT2D eigenvalue weighted by atomic mass is 9.53. The van der Waals surface area contributed by atoms with Gasteiger partial charge in [0.2, 0.25) is 0 Å². The fraction of sp³-hybridized carbons (Fsp3) is 0.467. The Balaban J connectivity index is 0.000000131. The molecule has 3 N–H and O–H groups in total. The maximum Gasteiger partial charge on any atom is 0.412 e. The van der Waals surface area contributed by atoms with Gasteiger partial charge in [0.1, 0.15) is 11.3 Å². The van der Waals surface area contributed by atoms with Crippen molar-refractivity contribution in [2.45, 2.75) is 62.8 Å². The van der Waals surface area contributed by atoms with Crippen LogP contribution in [0.4, 0.5) is 4.79 Å². The molecular formula is C30H38N2O4S. The van der Waals surface area contributed by atoms with Gasteiger partial charge in [0.25, 0.3) is 0 Å². The molecule has 4 fully saturated rings. The third kappa shape index (κ3) is 6.96. The predicted molar refractivity (Wildman–Crippen MR) is 150 cm³/mol. The second kappa shape index (κ2) is 11.7. The second-order valence-electron chi connectivity index (χ2n) is 10.8. The number of ether oxygens (including phenoxy) is 1. The van der Waals surface area contributed by atoms with Crippen LogP contribution < -0.4 is 21.4 Å². The van der Waals surface area contributed by atoms with Gasteiger partial charge in [0.05, 0.1) is 0 Å². The molecule has 1 aromatic heterocycles. The van der Waals surface area contributed by atoms with Crippen LogP contribution in [-0.2, 0) is 0 Å². The van der Waals surface area contributed by atoms with Crippen LogP contribution in [0.15, 0.2) is 62.6 Å². The van der Waals surface area contributed by atoms with Crippen molar-refractivity contribution in [3.05, 3.63) is 70.1 Å². The zero-order valence-electron chi connectivity index (χ0n) is 22.2. The van der Waals surface area contributed by atoms with E-state index in [4.69, 9.17) is 14.9 Å². The zero-order valence-corrected chi connectivity index (χ0v) is 23.0. The highest BCUT2D eigenvalue weighted by atomic mass is 32.2. The average molecular weight is 523 g/mol. The third-order valence-electron chi connectivity index (χ3n) is 7.67. The fourth-order valence-corrected chi connectivity index (χ4v) is 7.40. The Bertz CT molecular complexity index is 1240. The summed E-state index contributed by atoms with van der Waals surface area (Å²) in [7, 11) is 1.54. The number of hydrogen-bond donors (Lipinski definition) is 2. The molecule has 4 saturated carbocycles. The third-order valence-corrected chi connectivity index (χ3v) is 8.72. The number of para-hydroxylation sites is 1. The molecule has 6 nitrogen and oxygen atoms in total. The summed E-state index contributed by atoms with van der Waals surface area (Å²) >= 11 is 1.70. The van der Waals surface area contributed by atoms with Gasteiger partial charge in [-0.3, -0.25) is 0 Å². The van der Waals surface area contributed by atoms with E-state index in [1.807, 2.05) is 50.4 Å². The van der Waals surface area contributed by atoms with Crippen molar-refractivity contribution in [3.63, 3.8) is 0 Å². The normalized spacial score (nSPS) is 24.9. The quantitative estimate of drug-likeness (QED) is 0.297. The van der Waals surface area contributed by atoms with Gasteiger partial charge in [-0.1, -0.05) is 18.2 Å². The SMILES string of the molecule is CNC(=O)Oc1cc(C)c(SC)c(C)c1.NC12CC3CC(CC(C3)C1)C2.O=c1ccc2ccccc2o1. The van der Waals surface area contributed by atoms with Gasteiger partial charge in [-0.2, -0.15) is 0 Å². The van der Waals surface area contributed by atoms with Gasteiger partial charge in [0, 0.05) is 28.9 Å². The molecular weight excluding hydrogens is 484 g/mol. The molecule has 7 rings (SSSR count). The van der Waals surface area contributed by atoms with Crippen LogP contribution >= 0.6 is 11.8 Å². The molecule has 0 saturated heterocycles. The van der Waals surface area contributed by atoms with E-state index in [2.05, 4.69) is 5.32 Å². The lowest BCUT2D eigenvalue weighted by Gasteiger charge is -2.55. The standard InChI is InChI=1S/C11H15NO2S.C10H17N.C9H6O2/c1-7-5-9(14-11(13)12-3)6-8(2)10(7)15-4;11-10-4-7-1-8(5-10)3-9(2-7)6-10;10-9-6-5-7-3-1-2-4-8(7)11-9/h5-6H,1-4H3,(H,12,13);7-9H,1-6,11H2;1-6H. The molecule has 2 aromatic carbocycles. The van der Waals surface area contributed by atoms with E-state index in [-0.39, 0.29) is 5.63 Å². The number of carbonyl (C=O) groups excluding carboxylic acids is 1. The van der Waals surface area contributed by atoms with Gasteiger partial charge in [-0.15, -0.1) is 11.8 Å². The first-order chi connectivity index (χ1) is 17.7. The smallest absolute Gasteiger partial charge is 0.412 e. The Labute approximate surface area is 223 Å². The van der Waals surface area contributed by atoms with Crippen LogP contribution in [0.3, 0.4) is 0 Å². The largest absolute Gasteiger partial charge is 0.423 e. The minimum absolute atomic E-state index is 0.300. The minimum atomic E-state index is -0.439. The second-order valence-corrected chi connectivity index (χ2v) is 11.6. The first-order valence-electron chi connectivity index (χ1n) is 13.0. The number of hydrogen-bond acceptors (Lipinski definition) is 6. The maximum atomic E-state index is 11.0. The first kappa shape index (κ1) is 27.3. The number of amides is 1. The lowest BCUT2D eigenvalue weighted by Crippen LogP contribution is -2.55. The van der Waals surface area contributed by atoms with Crippen molar-refractivity contribution in [3.8, 4) is 5.75 Å². The maximum absolute atomic E-state index is 11.0. The Morgan fingerprint density at radius 3 is 2.08 bits per heavy atom. The van der Waals surface area contributed by atoms with E-state index in [0.717, 1.165) is 34.3 Å². The van der Waals surface area contributed by atoms with Gasteiger partial charge in [-0.25, -0.2) is 9.59 Å². The van der Waals surface area contributed by atoms with Crippen LogP contribution in [0.25, 0.3) is 11.0 Å². The predicted octanol–water partition coefficient (Wildman–Crippen LogP) is 6.45. The number of aryl methyl sites for hydroxylation is 2. The Morgan fingerprint density at radius 2 is 1.57 bits per heavy atom. The molecule has 4 bridgehead atoms. The molecule has 0 spiro atoms. The molecule has 4 aliphatic rings. The van der Waals surface area contributed by atoms with Crippen molar-refractivity contribution < 1.29 is 13.9 Å². The molecule has 0 unspecified atom stereocenters. The van der Waals surface area contributed by atoms with E-state index in [1.54, 1.807) is 23.9 Å². The number of benzene rings is 2. The number of nitrogens with two attached hydrogens (primary N) is 1. The molecule has 0 aliphatic heterocycles. The van der Waals surface area contributed by atoms with Crippen LogP contribution in [0, 0.1) is 31.6 Å². The lowest BCUT2D eigenvalue weighted by molar-refractivity contribution is 0.000363. The van der Waals surface area contributed by atoms with E-state index in [1.165, 1.54) is 56.5 Å². The summed E-state index contributed by atoms with van der Waals surface area (Å²) in [6.45, 7) is 4.02. The first-order valence-corrected chi connectivity index (χ1v) is 14.2. The Hall–Kier alpha value is -2.77.